The molecule has 0 heterocycles. The molecule has 1 radical (unpaired) electrons. The Labute approximate surface area is 128 Å². The molecule has 0 amide bonds. The third-order valence-electron chi connectivity index (χ3n) is 4.54. The van der Waals surface area contributed by atoms with Crippen LogP contribution in [0.2, 0.25) is 0 Å². The van der Waals surface area contributed by atoms with Crippen LogP contribution in [0.15, 0.2) is 78.9 Å². The molecule has 0 fully saturated rings. The first-order valence-electron chi connectivity index (χ1n) is 7.54. The quantitative estimate of drug-likeness (QED) is 0.237. The minimum absolute atomic E-state index is 1.25. The SMILES string of the molecule is [c]1ccc2c(c1)ccc1cc3c(ccc4ccccc43)cc12. The first-order chi connectivity index (χ1) is 10.9. The third kappa shape index (κ3) is 1.58. The Kier molecular flexibility index (Phi) is 2.31. The molecule has 0 saturated carbocycles. The highest BCUT2D eigenvalue weighted by atomic mass is 14.1. The van der Waals surface area contributed by atoms with Crippen molar-refractivity contribution in [1.82, 2.24) is 0 Å². The van der Waals surface area contributed by atoms with Gasteiger partial charge in [-0.2, -0.15) is 0 Å². The van der Waals surface area contributed by atoms with Gasteiger partial charge in [0.15, 0.2) is 0 Å². The van der Waals surface area contributed by atoms with Crippen LogP contribution in [0.5, 0.6) is 0 Å². The van der Waals surface area contributed by atoms with Crippen LogP contribution in [0.1, 0.15) is 0 Å². The van der Waals surface area contributed by atoms with Gasteiger partial charge in [-0.3, -0.25) is 0 Å². The summed E-state index contributed by atoms with van der Waals surface area (Å²) in [5, 5.41) is 10.4. The molecule has 0 aliphatic heterocycles. The van der Waals surface area contributed by atoms with Crippen LogP contribution in [0, 0.1) is 6.07 Å². The predicted octanol–water partition coefficient (Wildman–Crippen LogP) is 6.10. The largest absolute Gasteiger partial charge is 0.0616 e. The van der Waals surface area contributed by atoms with Gasteiger partial charge in [-0.15, -0.1) is 0 Å². The van der Waals surface area contributed by atoms with Gasteiger partial charge in [0.1, 0.15) is 0 Å². The van der Waals surface area contributed by atoms with E-state index < -0.39 is 0 Å². The normalized spacial score (nSPS) is 11.6. The molecule has 0 saturated heterocycles. The van der Waals surface area contributed by atoms with Crippen LogP contribution in [-0.4, -0.2) is 0 Å². The zero-order valence-corrected chi connectivity index (χ0v) is 12.0. The van der Waals surface area contributed by atoms with Crippen LogP contribution in [0.25, 0.3) is 43.1 Å². The summed E-state index contributed by atoms with van der Waals surface area (Å²) in [6, 6.07) is 31.4. The molecule has 0 unspecified atom stereocenters. The molecule has 0 bridgehead atoms. The topological polar surface area (TPSA) is 0 Å². The van der Waals surface area contributed by atoms with E-state index in [-0.39, 0.29) is 0 Å². The molecule has 22 heavy (non-hydrogen) atoms. The van der Waals surface area contributed by atoms with E-state index in [0.717, 1.165) is 0 Å². The van der Waals surface area contributed by atoms with E-state index >= 15 is 0 Å². The molecule has 0 aliphatic carbocycles. The summed E-state index contributed by atoms with van der Waals surface area (Å²) in [6.45, 7) is 0. The Morgan fingerprint density at radius 2 is 1.14 bits per heavy atom. The van der Waals surface area contributed by atoms with Gasteiger partial charge in [0, 0.05) is 0 Å². The standard InChI is InChI=1S/C22H13/c1-3-7-19-15(5-1)9-11-17-14-22-18(13-21(17)19)12-10-16-6-2-4-8-20(16)22/h1,3-14H. The fourth-order valence-electron chi connectivity index (χ4n) is 3.45. The van der Waals surface area contributed by atoms with Crippen molar-refractivity contribution in [2.24, 2.45) is 0 Å². The summed E-state index contributed by atoms with van der Waals surface area (Å²) in [5.41, 5.74) is 0. The van der Waals surface area contributed by atoms with Crippen molar-refractivity contribution in [3.8, 4) is 0 Å². The molecule has 0 atom stereocenters. The average Bonchev–Trinajstić information content (AvgIpc) is 2.60. The van der Waals surface area contributed by atoms with Crippen LogP contribution in [0.3, 0.4) is 0 Å². The van der Waals surface area contributed by atoms with Gasteiger partial charge in [-0.1, -0.05) is 60.7 Å². The molecule has 0 aromatic heterocycles. The van der Waals surface area contributed by atoms with Crippen molar-refractivity contribution in [1.29, 1.82) is 0 Å². The van der Waals surface area contributed by atoms with E-state index in [1.807, 2.05) is 6.07 Å². The highest BCUT2D eigenvalue weighted by Crippen LogP contribution is 2.32. The zero-order valence-electron chi connectivity index (χ0n) is 12.0. The second-order valence-corrected chi connectivity index (χ2v) is 5.79. The molecule has 5 rings (SSSR count). The maximum absolute atomic E-state index is 3.16. The molecule has 0 spiro atoms. The minimum Gasteiger partial charge on any atom is -0.0616 e. The summed E-state index contributed by atoms with van der Waals surface area (Å²) in [6.07, 6.45) is 0. The van der Waals surface area contributed by atoms with Crippen LogP contribution < -0.4 is 0 Å². The Bertz CT molecular complexity index is 1070. The van der Waals surface area contributed by atoms with E-state index in [1.165, 1.54) is 43.1 Å². The predicted molar refractivity (Wildman–Crippen MR) is 95.3 cm³/mol. The lowest BCUT2D eigenvalue weighted by atomic mass is 9.95. The van der Waals surface area contributed by atoms with Gasteiger partial charge in [0.2, 0.25) is 0 Å². The van der Waals surface area contributed by atoms with Crippen LogP contribution in [-0.2, 0) is 0 Å². The molecular weight excluding hydrogens is 264 g/mol. The number of fused-ring (bicyclic) bond motifs is 6. The average molecular weight is 277 g/mol. The van der Waals surface area contributed by atoms with Crippen molar-refractivity contribution in [2.75, 3.05) is 0 Å². The third-order valence-corrected chi connectivity index (χ3v) is 4.54. The summed E-state index contributed by atoms with van der Waals surface area (Å²) < 4.78 is 0. The highest BCUT2D eigenvalue weighted by molar-refractivity contribution is 6.17. The van der Waals surface area contributed by atoms with Crippen molar-refractivity contribution < 1.29 is 0 Å². The smallest absolute Gasteiger partial charge is 0.00990 e. The maximum atomic E-state index is 3.16. The first-order valence-corrected chi connectivity index (χ1v) is 7.54. The molecule has 5 aromatic carbocycles. The second-order valence-electron chi connectivity index (χ2n) is 5.79. The monoisotopic (exact) mass is 277 g/mol. The summed E-state index contributed by atoms with van der Waals surface area (Å²) in [5.74, 6) is 0. The molecule has 5 aromatic rings. The number of rotatable bonds is 0. The first kappa shape index (κ1) is 11.8. The van der Waals surface area contributed by atoms with Gasteiger partial charge >= 0.3 is 0 Å². The van der Waals surface area contributed by atoms with E-state index in [1.54, 1.807) is 0 Å². The number of benzene rings is 5. The Morgan fingerprint density at radius 3 is 1.95 bits per heavy atom. The van der Waals surface area contributed by atoms with Crippen molar-refractivity contribution in [2.45, 2.75) is 0 Å². The van der Waals surface area contributed by atoms with Crippen LogP contribution in [0.4, 0.5) is 0 Å². The molecule has 0 heteroatoms. The van der Waals surface area contributed by atoms with Crippen molar-refractivity contribution >= 4 is 43.1 Å². The van der Waals surface area contributed by atoms with Gasteiger partial charge in [0.05, 0.1) is 0 Å². The van der Waals surface area contributed by atoms with Crippen molar-refractivity contribution in [3.05, 3.63) is 84.9 Å². The van der Waals surface area contributed by atoms with E-state index in [2.05, 4.69) is 78.9 Å². The van der Waals surface area contributed by atoms with Crippen LogP contribution >= 0.6 is 0 Å². The van der Waals surface area contributed by atoms with E-state index in [0.29, 0.717) is 0 Å². The van der Waals surface area contributed by atoms with Gasteiger partial charge in [0.25, 0.3) is 0 Å². The molecule has 0 N–H and O–H groups in total. The minimum atomic E-state index is 1.25. The summed E-state index contributed by atoms with van der Waals surface area (Å²) >= 11 is 0. The van der Waals surface area contributed by atoms with Crippen molar-refractivity contribution in [3.63, 3.8) is 0 Å². The van der Waals surface area contributed by atoms with Gasteiger partial charge < -0.3 is 0 Å². The van der Waals surface area contributed by atoms with Gasteiger partial charge in [-0.25, -0.2) is 0 Å². The Hall–Kier alpha value is -2.86. The molecule has 101 valence electrons. The molecular formula is C22H13. The second kappa shape index (κ2) is 4.32. The van der Waals surface area contributed by atoms with E-state index in [9.17, 15) is 0 Å². The number of hydrogen-bond acceptors (Lipinski definition) is 0. The lowest BCUT2D eigenvalue weighted by Gasteiger charge is -2.08. The fraction of sp³-hybridized carbons (Fsp3) is 0. The summed E-state index contributed by atoms with van der Waals surface area (Å²) in [7, 11) is 0. The fourth-order valence-corrected chi connectivity index (χ4v) is 3.45. The van der Waals surface area contributed by atoms with E-state index in [4.69, 9.17) is 0 Å². The lowest BCUT2D eigenvalue weighted by Crippen LogP contribution is -1.81. The summed E-state index contributed by atoms with van der Waals surface area (Å²) in [4.78, 5) is 0. The molecule has 0 aliphatic rings. The Balaban J connectivity index is 2.02. The molecule has 0 nitrogen and oxygen atoms in total. The maximum Gasteiger partial charge on any atom is -0.00990 e. The highest BCUT2D eigenvalue weighted by Gasteiger charge is 2.05. The zero-order chi connectivity index (χ0) is 14.5. The number of hydrogen-bond donors (Lipinski definition) is 0. The lowest BCUT2D eigenvalue weighted by molar-refractivity contribution is 1.77. The Morgan fingerprint density at radius 1 is 0.500 bits per heavy atom. The van der Waals surface area contributed by atoms with Gasteiger partial charge in [-0.05, 0) is 67.4 Å².